The van der Waals surface area contributed by atoms with Gasteiger partial charge in [-0.25, -0.2) is 0 Å². The summed E-state index contributed by atoms with van der Waals surface area (Å²) in [5.41, 5.74) is 0. The molecule has 0 aromatic carbocycles. The van der Waals surface area contributed by atoms with Gasteiger partial charge in [-0.05, 0) is 19.9 Å². The van der Waals surface area contributed by atoms with E-state index in [-0.39, 0.29) is 18.6 Å². The lowest BCUT2D eigenvalue weighted by atomic mass is 10.2. The molecule has 0 fully saturated rings. The van der Waals surface area contributed by atoms with Crippen LogP contribution in [0.3, 0.4) is 0 Å². The highest BCUT2D eigenvalue weighted by molar-refractivity contribution is 5.71. The summed E-state index contributed by atoms with van der Waals surface area (Å²) in [6, 6.07) is 2.21. The molecule has 0 rings (SSSR count). The van der Waals surface area contributed by atoms with E-state index in [2.05, 4.69) is 10.8 Å². The lowest BCUT2D eigenvalue weighted by Crippen LogP contribution is -2.38. The second-order valence-electron chi connectivity index (χ2n) is 3.26. The Labute approximate surface area is 85.5 Å². The summed E-state index contributed by atoms with van der Waals surface area (Å²) in [5, 5.41) is 8.55. The molecule has 4 nitrogen and oxygen atoms in total. The molecule has 0 aliphatic carbocycles. The van der Waals surface area contributed by atoms with Crippen molar-refractivity contribution < 1.29 is 9.53 Å². The second kappa shape index (κ2) is 7.34. The first-order valence-corrected chi connectivity index (χ1v) is 4.83. The van der Waals surface area contributed by atoms with Crippen molar-refractivity contribution in [2.24, 2.45) is 0 Å². The second-order valence-corrected chi connectivity index (χ2v) is 3.26. The van der Waals surface area contributed by atoms with Crippen molar-refractivity contribution in [1.82, 2.24) is 4.90 Å². The molecule has 0 aromatic rings. The van der Waals surface area contributed by atoms with Crippen molar-refractivity contribution in [2.45, 2.75) is 32.7 Å². The molecule has 0 heterocycles. The van der Waals surface area contributed by atoms with Gasteiger partial charge < -0.3 is 4.74 Å². The minimum Gasteiger partial charge on any atom is -0.468 e. The highest BCUT2D eigenvalue weighted by atomic mass is 16.5. The van der Waals surface area contributed by atoms with Crippen LogP contribution < -0.4 is 0 Å². The quantitative estimate of drug-likeness (QED) is 0.601. The predicted octanol–water partition coefficient (Wildman–Crippen LogP) is 1.17. The molecule has 0 saturated heterocycles. The molecule has 0 amide bonds. The van der Waals surface area contributed by atoms with Crippen LogP contribution in [0.25, 0.3) is 0 Å². The summed E-state index contributed by atoms with van der Waals surface area (Å²) in [5.74, 6) is -0.247. The Bertz CT molecular complexity index is 211. The van der Waals surface area contributed by atoms with Gasteiger partial charge >= 0.3 is 5.97 Å². The fourth-order valence-corrected chi connectivity index (χ4v) is 1.23. The largest absolute Gasteiger partial charge is 0.468 e. The van der Waals surface area contributed by atoms with Gasteiger partial charge in [0, 0.05) is 6.04 Å². The third-order valence-corrected chi connectivity index (χ3v) is 2.08. The molecule has 0 aromatic heterocycles. The fraction of sp³-hybridized carbons (Fsp3) is 0.800. The van der Waals surface area contributed by atoms with Gasteiger partial charge in [0.05, 0.1) is 26.1 Å². The first-order chi connectivity index (χ1) is 6.65. The summed E-state index contributed by atoms with van der Waals surface area (Å²) in [6.45, 7) is 5.08. The predicted molar refractivity (Wildman–Crippen MR) is 53.6 cm³/mol. The molecule has 80 valence electrons. The first kappa shape index (κ1) is 12.9. The van der Waals surface area contributed by atoms with Crippen LogP contribution in [-0.4, -0.2) is 37.1 Å². The Balaban J connectivity index is 4.13. The van der Waals surface area contributed by atoms with Crippen LogP contribution in [0.5, 0.6) is 0 Å². The zero-order chi connectivity index (χ0) is 11.0. The lowest BCUT2D eigenvalue weighted by Gasteiger charge is -2.25. The zero-order valence-electron chi connectivity index (χ0n) is 9.12. The molecule has 0 aliphatic rings. The number of carbonyl (C=O) groups excluding carboxylic acids is 1. The highest BCUT2D eigenvalue weighted by Gasteiger charge is 2.16. The molecule has 0 N–H and O–H groups in total. The molecule has 1 unspecified atom stereocenters. The van der Waals surface area contributed by atoms with Crippen LogP contribution in [0.4, 0.5) is 0 Å². The minimum atomic E-state index is -0.247. The average Bonchev–Trinajstić information content (AvgIpc) is 2.17. The average molecular weight is 198 g/mol. The number of hydrogen-bond acceptors (Lipinski definition) is 4. The van der Waals surface area contributed by atoms with E-state index in [1.807, 2.05) is 18.7 Å². The summed E-state index contributed by atoms with van der Waals surface area (Å²) in [6.07, 6.45) is 1.41. The number of rotatable bonds is 6. The molecule has 14 heavy (non-hydrogen) atoms. The molecule has 0 aliphatic heterocycles. The van der Waals surface area contributed by atoms with Gasteiger partial charge in [0.1, 0.15) is 0 Å². The summed E-state index contributed by atoms with van der Waals surface area (Å²) in [4.78, 5) is 13.0. The molecular formula is C10H18N2O2. The molecule has 4 heteroatoms. The van der Waals surface area contributed by atoms with E-state index in [9.17, 15) is 4.79 Å². The van der Waals surface area contributed by atoms with Crippen molar-refractivity contribution in [1.29, 1.82) is 5.26 Å². The van der Waals surface area contributed by atoms with Crippen LogP contribution >= 0.6 is 0 Å². The molecule has 0 bridgehead atoms. The zero-order valence-corrected chi connectivity index (χ0v) is 9.12. The van der Waals surface area contributed by atoms with Gasteiger partial charge in [0.15, 0.2) is 0 Å². The van der Waals surface area contributed by atoms with Crippen molar-refractivity contribution in [3.8, 4) is 6.07 Å². The molecule has 0 spiro atoms. The van der Waals surface area contributed by atoms with Crippen LogP contribution in [-0.2, 0) is 9.53 Å². The maximum Gasteiger partial charge on any atom is 0.319 e. The van der Waals surface area contributed by atoms with Gasteiger partial charge in [-0.2, -0.15) is 5.26 Å². The van der Waals surface area contributed by atoms with Crippen LogP contribution in [0.15, 0.2) is 0 Å². The van der Waals surface area contributed by atoms with E-state index in [1.54, 1.807) is 0 Å². The SMILES string of the molecule is CCCN(CC(=O)OC)C(C)CC#N. The van der Waals surface area contributed by atoms with Crippen molar-refractivity contribution in [3.63, 3.8) is 0 Å². The lowest BCUT2D eigenvalue weighted by molar-refractivity contribution is -0.142. The van der Waals surface area contributed by atoms with Crippen molar-refractivity contribution >= 4 is 5.97 Å². The van der Waals surface area contributed by atoms with Gasteiger partial charge in [-0.3, -0.25) is 9.69 Å². The number of carbonyl (C=O) groups is 1. The Morgan fingerprint density at radius 3 is 2.71 bits per heavy atom. The van der Waals surface area contributed by atoms with Crippen LogP contribution in [0.1, 0.15) is 26.7 Å². The Morgan fingerprint density at radius 1 is 1.64 bits per heavy atom. The standard InChI is InChI=1S/C10H18N2O2/c1-4-7-12(8-10(13)14-3)9(2)5-6-11/h9H,4-5,7-8H2,1-3H3. The van der Waals surface area contributed by atoms with E-state index >= 15 is 0 Å². The van der Waals surface area contributed by atoms with E-state index in [0.717, 1.165) is 13.0 Å². The monoisotopic (exact) mass is 198 g/mol. The Morgan fingerprint density at radius 2 is 2.29 bits per heavy atom. The minimum absolute atomic E-state index is 0.110. The van der Waals surface area contributed by atoms with Gasteiger partial charge in [-0.15, -0.1) is 0 Å². The normalized spacial score (nSPS) is 12.2. The number of nitriles is 1. The molecule has 1 atom stereocenters. The number of hydrogen-bond donors (Lipinski definition) is 0. The van der Waals surface area contributed by atoms with Gasteiger partial charge in [0.25, 0.3) is 0 Å². The summed E-state index contributed by atoms with van der Waals surface area (Å²) >= 11 is 0. The van der Waals surface area contributed by atoms with E-state index in [1.165, 1.54) is 7.11 Å². The number of esters is 1. The maximum absolute atomic E-state index is 11.1. The van der Waals surface area contributed by atoms with E-state index in [0.29, 0.717) is 6.42 Å². The Kier molecular flexibility index (Phi) is 6.77. The summed E-state index contributed by atoms with van der Waals surface area (Å²) in [7, 11) is 1.38. The molecular weight excluding hydrogens is 180 g/mol. The number of nitrogens with zero attached hydrogens (tertiary/aromatic N) is 2. The molecule has 0 saturated carbocycles. The molecule has 0 radical (unpaired) electrons. The van der Waals surface area contributed by atoms with Gasteiger partial charge in [-0.1, -0.05) is 6.92 Å². The first-order valence-electron chi connectivity index (χ1n) is 4.83. The van der Waals surface area contributed by atoms with Crippen molar-refractivity contribution in [2.75, 3.05) is 20.2 Å². The number of methoxy groups -OCH3 is 1. The third-order valence-electron chi connectivity index (χ3n) is 2.08. The van der Waals surface area contributed by atoms with Gasteiger partial charge in [0.2, 0.25) is 0 Å². The smallest absolute Gasteiger partial charge is 0.319 e. The van der Waals surface area contributed by atoms with Crippen LogP contribution in [0, 0.1) is 11.3 Å². The van der Waals surface area contributed by atoms with E-state index < -0.39 is 0 Å². The topological polar surface area (TPSA) is 53.3 Å². The number of ether oxygens (including phenoxy) is 1. The highest BCUT2D eigenvalue weighted by Crippen LogP contribution is 2.04. The third kappa shape index (κ3) is 4.83. The maximum atomic E-state index is 11.1. The fourth-order valence-electron chi connectivity index (χ4n) is 1.23. The summed E-state index contributed by atoms with van der Waals surface area (Å²) < 4.78 is 4.59. The Hall–Kier alpha value is -1.08. The van der Waals surface area contributed by atoms with E-state index in [4.69, 9.17) is 5.26 Å². The van der Waals surface area contributed by atoms with Crippen LogP contribution in [0.2, 0.25) is 0 Å². The van der Waals surface area contributed by atoms with Crippen molar-refractivity contribution in [3.05, 3.63) is 0 Å².